The minimum atomic E-state index is 0.410. The van der Waals surface area contributed by atoms with E-state index in [0.717, 1.165) is 15.6 Å². The van der Waals surface area contributed by atoms with Gasteiger partial charge in [0.1, 0.15) is 6.61 Å². The van der Waals surface area contributed by atoms with Crippen molar-refractivity contribution in [3.63, 3.8) is 0 Å². The molecular formula is C14H12BrCl2NO. The van der Waals surface area contributed by atoms with E-state index in [0.29, 0.717) is 28.9 Å². The van der Waals surface area contributed by atoms with Gasteiger partial charge in [0.2, 0.25) is 0 Å². The zero-order valence-electron chi connectivity index (χ0n) is 10.00. The molecule has 0 spiro atoms. The lowest BCUT2D eigenvalue weighted by Gasteiger charge is -2.12. The molecular weight excluding hydrogens is 349 g/mol. The zero-order valence-corrected chi connectivity index (χ0v) is 13.1. The van der Waals surface area contributed by atoms with E-state index in [1.54, 1.807) is 12.1 Å². The lowest BCUT2D eigenvalue weighted by atomic mass is 10.1. The molecule has 0 saturated heterocycles. The summed E-state index contributed by atoms with van der Waals surface area (Å²) in [5, 5.41) is 1.04. The Balaban J connectivity index is 2.19. The van der Waals surface area contributed by atoms with Crippen molar-refractivity contribution >= 4 is 39.1 Å². The third-order valence-electron chi connectivity index (χ3n) is 2.67. The van der Waals surface area contributed by atoms with Gasteiger partial charge in [-0.2, -0.15) is 0 Å². The van der Waals surface area contributed by atoms with Crippen LogP contribution in [0.3, 0.4) is 0 Å². The van der Waals surface area contributed by atoms with E-state index in [4.69, 9.17) is 33.7 Å². The van der Waals surface area contributed by atoms with Crippen molar-refractivity contribution in [1.29, 1.82) is 0 Å². The predicted molar refractivity (Wildman–Crippen MR) is 82.8 cm³/mol. The number of benzene rings is 2. The normalized spacial score (nSPS) is 10.5. The van der Waals surface area contributed by atoms with Crippen LogP contribution in [-0.2, 0) is 13.2 Å². The van der Waals surface area contributed by atoms with Gasteiger partial charge in [-0.05, 0) is 39.2 Å². The topological polar surface area (TPSA) is 35.2 Å². The van der Waals surface area contributed by atoms with E-state index >= 15 is 0 Å². The lowest BCUT2D eigenvalue weighted by Crippen LogP contribution is -2.04. The number of ether oxygens (including phenoxy) is 1. The summed E-state index contributed by atoms with van der Waals surface area (Å²) in [6, 6.07) is 11.3. The first kappa shape index (κ1) is 14.7. The van der Waals surface area contributed by atoms with Gasteiger partial charge in [0, 0.05) is 11.6 Å². The van der Waals surface area contributed by atoms with Gasteiger partial charge in [0.15, 0.2) is 5.75 Å². The molecule has 0 bridgehead atoms. The Bertz CT molecular complexity index is 566. The largest absolute Gasteiger partial charge is 0.486 e. The van der Waals surface area contributed by atoms with E-state index < -0.39 is 0 Å². The Morgan fingerprint density at radius 3 is 2.42 bits per heavy atom. The van der Waals surface area contributed by atoms with Crippen molar-refractivity contribution in [3.05, 3.63) is 62.0 Å². The van der Waals surface area contributed by atoms with Crippen molar-refractivity contribution in [3.8, 4) is 5.75 Å². The molecule has 19 heavy (non-hydrogen) atoms. The van der Waals surface area contributed by atoms with Crippen LogP contribution in [0.4, 0.5) is 0 Å². The minimum Gasteiger partial charge on any atom is -0.486 e. The Hall–Kier alpha value is -0.740. The molecule has 0 radical (unpaired) electrons. The maximum absolute atomic E-state index is 6.11. The van der Waals surface area contributed by atoms with Crippen LogP contribution in [0.2, 0.25) is 10.0 Å². The molecule has 0 amide bonds. The molecule has 0 aliphatic rings. The van der Waals surface area contributed by atoms with E-state index in [-0.39, 0.29) is 0 Å². The molecule has 0 saturated carbocycles. The van der Waals surface area contributed by atoms with Gasteiger partial charge in [-0.3, -0.25) is 0 Å². The number of nitrogens with two attached hydrogens (primary N) is 1. The summed E-state index contributed by atoms with van der Waals surface area (Å²) in [6.07, 6.45) is 0. The number of rotatable bonds is 4. The van der Waals surface area contributed by atoms with E-state index in [1.807, 2.05) is 24.3 Å². The van der Waals surface area contributed by atoms with E-state index in [1.165, 1.54) is 0 Å². The number of hydrogen-bond donors (Lipinski definition) is 1. The lowest BCUT2D eigenvalue weighted by molar-refractivity contribution is 0.303. The highest BCUT2D eigenvalue weighted by molar-refractivity contribution is 9.10. The van der Waals surface area contributed by atoms with Crippen LogP contribution in [0, 0.1) is 0 Å². The van der Waals surface area contributed by atoms with Gasteiger partial charge in [-0.1, -0.05) is 47.5 Å². The molecule has 2 aromatic rings. The van der Waals surface area contributed by atoms with Crippen molar-refractivity contribution in [2.45, 2.75) is 13.2 Å². The third kappa shape index (κ3) is 3.63. The van der Waals surface area contributed by atoms with Gasteiger partial charge < -0.3 is 10.5 Å². The average Bonchev–Trinajstić information content (AvgIpc) is 2.38. The smallest absolute Gasteiger partial charge is 0.152 e. The van der Waals surface area contributed by atoms with Gasteiger partial charge in [0.05, 0.1) is 9.50 Å². The minimum absolute atomic E-state index is 0.410. The van der Waals surface area contributed by atoms with Crippen molar-refractivity contribution < 1.29 is 4.74 Å². The molecule has 0 aliphatic carbocycles. The highest BCUT2D eigenvalue weighted by Gasteiger charge is 2.10. The average molecular weight is 361 g/mol. The van der Waals surface area contributed by atoms with Crippen LogP contribution in [0.1, 0.15) is 11.1 Å². The van der Waals surface area contributed by atoms with Crippen LogP contribution in [0.5, 0.6) is 5.75 Å². The second kappa shape index (κ2) is 6.62. The summed E-state index contributed by atoms with van der Waals surface area (Å²) in [4.78, 5) is 0. The van der Waals surface area contributed by atoms with Crippen molar-refractivity contribution in [2.24, 2.45) is 5.73 Å². The van der Waals surface area contributed by atoms with Crippen molar-refractivity contribution in [2.75, 3.05) is 0 Å². The first-order valence-electron chi connectivity index (χ1n) is 5.66. The molecule has 5 heteroatoms. The molecule has 0 unspecified atom stereocenters. The first-order valence-corrected chi connectivity index (χ1v) is 7.21. The summed E-state index contributed by atoms with van der Waals surface area (Å²) in [7, 11) is 0. The van der Waals surface area contributed by atoms with Gasteiger partial charge >= 0.3 is 0 Å². The van der Waals surface area contributed by atoms with Gasteiger partial charge in [-0.15, -0.1) is 0 Å². The maximum atomic E-state index is 6.11. The van der Waals surface area contributed by atoms with Gasteiger partial charge in [0.25, 0.3) is 0 Å². The second-order valence-corrected chi connectivity index (χ2v) is 5.66. The van der Waals surface area contributed by atoms with Crippen LogP contribution < -0.4 is 10.5 Å². The van der Waals surface area contributed by atoms with Crippen LogP contribution >= 0.6 is 39.1 Å². The first-order chi connectivity index (χ1) is 9.11. The molecule has 2 aromatic carbocycles. The molecule has 0 aliphatic heterocycles. The standard InChI is InChI=1S/C14H12BrCl2NO/c15-12-5-11(16)6-13(17)14(12)19-8-10-4-2-1-3-9(10)7-18/h1-6H,7-8,18H2. The fourth-order valence-electron chi connectivity index (χ4n) is 1.71. The number of hydrogen-bond acceptors (Lipinski definition) is 2. The summed E-state index contributed by atoms with van der Waals surface area (Å²) < 4.78 is 6.49. The van der Waals surface area contributed by atoms with Crippen LogP contribution in [0.25, 0.3) is 0 Å². The Kier molecular flexibility index (Phi) is 5.11. The summed E-state index contributed by atoms with van der Waals surface area (Å²) in [5.74, 6) is 0.581. The fraction of sp³-hybridized carbons (Fsp3) is 0.143. The Morgan fingerprint density at radius 2 is 1.79 bits per heavy atom. The molecule has 2 nitrogen and oxygen atoms in total. The third-order valence-corrected chi connectivity index (χ3v) is 3.76. The quantitative estimate of drug-likeness (QED) is 0.850. The fourth-order valence-corrected chi connectivity index (χ4v) is 3.08. The van der Waals surface area contributed by atoms with Crippen LogP contribution in [-0.4, -0.2) is 0 Å². The second-order valence-electron chi connectivity index (χ2n) is 3.96. The Morgan fingerprint density at radius 1 is 1.11 bits per heavy atom. The number of halogens is 3. The molecule has 0 aromatic heterocycles. The predicted octanol–water partition coefficient (Wildman–Crippen LogP) is 4.79. The van der Waals surface area contributed by atoms with E-state index in [2.05, 4.69) is 15.9 Å². The molecule has 0 heterocycles. The summed E-state index contributed by atoms with van der Waals surface area (Å²) >= 11 is 15.4. The molecule has 0 atom stereocenters. The zero-order chi connectivity index (χ0) is 13.8. The van der Waals surface area contributed by atoms with Crippen LogP contribution in [0.15, 0.2) is 40.9 Å². The molecule has 0 fully saturated rings. The monoisotopic (exact) mass is 359 g/mol. The highest BCUT2D eigenvalue weighted by atomic mass is 79.9. The SMILES string of the molecule is NCc1ccccc1COc1c(Cl)cc(Cl)cc1Br. The molecule has 2 N–H and O–H groups in total. The summed E-state index contributed by atoms with van der Waals surface area (Å²) in [5.41, 5.74) is 7.79. The van der Waals surface area contributed by atoms with Crippen molar-refractivity contribution in [1.82, 2.24) is 0 Å². The highest BCUT2D eigenvalue weighted by Crippen LogP contribution is 2.36. The maximum Gasteiger partial charge on any atom is 0.152 e. The Labute approximate surface area is 130 Å². The van der Waals surface area contributed by atoms with E-state index in [9.17, 15) is 0 Å². The molecule has 2 rings (SSSR count). The van der Waals surface area contributed by atoms with Gasteiger partial charge in [-0.25, -0.2) is 0 Å². The summed E-state index contributed by atoms with van der Waals surface area (Å²) in [6.45, 7) is 0.891. The molecule has 100 valence electrons.